The zero-order valence-electron chi connectivity index (χ0n) is 11.5. The SMILES string of the molecule is CCN(C1CCC2(CC1)OCCO2)C1CCNC1. The summed E-state index contributed by atoms with van der Waals surface area (Å²) in [5.74, 6) is -0.205. The van der Waals surface area contributed by atoms with E-state index in [9.17, 15) is 0 Å². The first-order chi connectivity index (χ1) is 8.83. The van der Waals surface area contributed by atoms with Gasteiger partial charge in [0, 0.05) is 31.5 Å². The van der Waals surface area contributed by atoms with Crippen LogP contribution in [0, 0.1) is 0 Å². The molecule has 0 aromatic carbocycles. The molecule has 3 fully saturated rings. The van der Waals surface area contributed by atoms with Crippen LogP contribution in [0.3, 0.4) is 0 Å². The van der Waals surface area contributed by atoms with Gasteiger partial charge in [-0.2, -0.15) is 0 Å². The van der Waals surface area contributed by atoms with Crippen molar-refractivity contribution in [3.63, 3.8) is 0 Å². The van der Waals surface area contributed by atoms with E-state index < -0.39 is 0 Å². The number of hydrogen-bond donors (Lipinski definition) is 1. The first-order valence-electron chi connectivity index (χ1n) is 7.57. The molecule has 0 radical (unpaired) electrons. The Bertz CT molecular complexity index is 263. The second kappa shape index (κ2) is 5.45. The molecule has 1 spiro atoms. The highest BCUT2D eigenvalue weighted by Crippen LogP contribution is 2.38. The van der Waals surface area contributed by atoms with Crippen LogP contribution in [-0.2, 0) is 9.47 Å². The van der Waals surface area contributed by atoms with Gasteiger partial charge >= 0.3 is 0 Å². The van der Waals surface area contributed by atoms with Crippen molar-refractivity contribution in [2.75, 3.05) is 32.8 Å². The first kappa shape index (κ1) is 12.9. The second-order valence-corrected chi connectivity index (χ2v) is 5.82. The number of ether oxygens (including phenoxy) is 2. The van der Waals surface area contributed by atoms with Crippen LogP contribution in [0.2, 0.25) is 0 Å². The summed E-state index contributed by atoms with van der Waals surface area (Å²) < 4.78 is 11.6. The molecule has 1 saturated carbocycles. The van der Waals surface area contributed by atoms with Crippen molar-refractivity contribution in [2.45, 2.75) is 56.9 Å². The normalized spacial score (nSPS) is 32.7. The van der Waals surface area contributed by atoms with E-state index >= 15 is 0 Å². The summed E-state index contributed by atoms with van der Waals surface area (Å²) in [5, 5.41) is 3.48. The fourth-order valence-electron chi connectivity index (χ4n) is 3.90. The molecule has 2 saturated heterocycles. The predicted octanol–water partition coefficient (Wildman–Crippen LogP) is 1.36. The third-order valence-electron chi connectivity index (χ3n) is 4.87. The average Bonchev–Trinajstić information content (AvgIpc) is 3.05. The first-order valence-corrected chi connectivity index (χ1v) is 7.57. The minimum Gasteiger partial charge on any atom is -0.348 e. The maximum absolute atomic E-state index is 5.82. The number of hydrogen-bond acceptors (Lipinski definition) is 4. The van der Waals surface area contributed by atoms with E-state index in [1.54, 1.807) is 0 Å². The topological polar surface area (TPSA) is 33.7 Å². The van der Waals surface area contributed by atoms with Crippen molar-refractivity contribution >= 4 is 0 Å². The Morgan fingerprint density at radius 2 is 1.83 bits per heavy atom. The summed E-state index contributed by atoms with van der Waals surface area (Å²) in [6, 6.07) is 1.48. The Kier molecular flexibility index (Phi) is 3.89. The van der Waals surface area contributed by atoms with Crippen molar-refractivity contribution < 1.29 is 9.47 Å². The number of nitrogens with one attached hydrogen (secondary N) is 1. The zero-order valence-corrected chi connectivity index (χ0v) is 11.5. The molecular weight excluding hydrogens is 228 g/mol. The van der Waals surface area contributed by atoms with Gasteiger partial charge in [-0.3, -0.25) is 4.90 Å². The highest BCUT2D eigenvalue weighted by Gasteiger charge is 2.42. The molecule has 2 heterocycles. The third-order valence-corrected chi connectivity index (χ3v) is 4.87. The van der Waals surface area contributed by atoms with Crippen molar-refractivity contribution in [3.8, 4) is 0 Å². The molecule has 18 heavy (non-hydrogen) atoms. The molecule has 1 N–H and O–H groups in total. The molecule has 3 aliphatic rings. The zero-order chi connectivity index (χ0) is 12.4. The summed E-state index contributed by atoms with van der Waals surface area (Å²) in [6.07, 6.45) is 5.92. The quantitative estimate of drug-likeness (QED) is 0.824. The second-order valence-electron chi connectivity index (χ2n) is 5.82. The summed E-state index contributed by atoms with van der Waals surface area (Å²) in [5.41, 5.74) is 0. The molecule has 0 aromatic heterocycles. The van der Waals surface area contributed by atoms with Gasteiger partial charge in [-0.1, -0.05) is 6.92 Å². The van der Waals surface area contributed by atoms with Gasteiger partial charge in [-0.25, -0.2) is 0 Å². The Labute approximate surface area is 110 Å². The highest BCUT2D eigenvalue weighted by molar-refractivity contribution is 4.90. The van der Waals surface area contributed by atoms with Gasteiger partial charge in [0.25, 0.3) is 0 Å². The standard InChI is InChI=1S/C14H26N2O2/c1-2-16(13-5-8-15-11-13)12-3-6-14(7-4-12)17-9-10-18-14/h12-13,15H,2-11H2,1H3. The smallest absolute Gasteiger partial charge is 0.168 e. The lowest BCUT2D eigenvalue weighted by Crippen LogP contribution is -2.48. The van der Waals surface area contributed by atoms with Gasteiger partial charge in [0.1, 0.15) is 0 Å². The molecule has 1 atom stereocenters. The number of rotatable bonds is 3. The largest absolute Gasteiger partial charge is 0.348 e. The van der Waals surface area contributed by atoms with Crippen molar-refractivity contribution in [1.82, 2.24) is 10.2 Å². The van der Waals surface area contributed by atoms with Crippen LogP contribution in [0.5, 0.6) is 0 Å². The van der Waals surface area contributed by atoms with E-state index in [0.717, 1.165) is 38.1 Å². The maximum Gasteiger partial charge on any atom is 0.168 e. The van der Waals surface area contributed by atoms with E-state index in [-0.39, 0.29) is 5.79 Å². The van der Waals surface area contributed by atoms with Gasteiger partial charge in [-0.15, -0.1) is 0 Å². The molecular formula is C14H26N2O2. The van der Waals surface area contributed by atoms with Crippen LogP contribution in [0.4, 0.5) is 0 Å². The molecule has 3 rings (SSSR count). The van der Waals surface area contributed by atoms with Crippen LogP contribution >= 0.6 is 0 Å². The van der Waals surface area contributed by atoms with Gasteiger partial charge in [0.05, 0.1) is 13.2 Å². The van der Waals surface area contributed by atoms with Crippen LogP contribution in [0.15, 0.2) is 0 Å². The van der Waals surface area contributed by atoms with Gasteiger partial charge in [0.2, 0.25) is 0 Å². The van der Waals surface area contributed by atoms with Crippen LogP contribution in [-0.4, -0.2) is 55.6 Å². The van der Waals surface area contributed by atoms with E-state index in [4.69, 9.17) is 9.47 Å². The Balaban J connectivity index is 1.57. The number of likely N-dealkylation sites (N-methyl/N-ethyl adjacent to an activating group) is 1. The summed E-state index contributed by atoms with van der Waals surface area (Å²) in [4.78, 5) is 2.71. The maximum atomic E-state index is 5.82. The van der Waals surface area contributed by atoms with E-state index in [0.29, 0.717) is 0 Å². The Morgan fingerprint density at radius 3 is 2.39 bits per heavy atom. The van der Waals surface area contributed by atoms with Crippen molar-refractivity contribution in [2.24, 2.45) is 0 Å². The van der Waals surface area contributed by atoms with Crippen molar-refractivity contribution in [1.29, 1.82) is 0 Å². The van der Waals surface area contributed by atoms with Crippen LogP contribution < -0.4 is 5.32 Å². The monoisotopic (exact) mass is 254 g/mol. The summed E-state index contributed by atoms with van der Waals surface area (Å²) in [7, 11) is 0. The van der Waals surface area contributed by atoms with Gasteiger partial charge < -0.3 is 14.8 Å². The van der Waals surface area contributed by atoms with Crippen LogP contribution in [0.25, 0.3) is 0 Å². The molecule has 104 valence electrons. The lowest BCUT2D eigenvalue weighted by atomic mass is 9.88. The molecule has 0 amide bonds. The van der Waals surface area contributed by atoms with E-state index in [1.165, 1.54) is 38.9 Å². The van der Waals surface area contributed by atoms with E-state index in [1.807, 2.05) is 0 Å². The van der Waals surface area contributed by atoms with Gasteiger partial charge in [0.15, 0.2) is 5.79 Å². The molecule has 4 nitrogen and oxygen atoms in total. The molecule has 0 aromatic rings. The fourth-order valence-corrected chi connectivity index (χ4v) is 3.90. The predicted molar refractivity (Wildman–Crippen MR) is 70.5 cm³/mol. The molecule has 0 bridgehead atoms. The van der Waals surface area contributed by atoms with E-state index in [2.05, 4.69) is 17.1 Å². The lowest BCUT2D eigenvalue weighted by Gasteiger charge is -2.42. The molecule has 1 unspecified atom stereocenters. The fraction of sp³-hybridized carbons (Fsp3) is 1.00. The highest BCUT2D eigenvalue weighted by atomic mass is 16.7. The van der Waals surface area contributed by atoms with Gasteiger partial charge in [-0.05, 0) is 32.4 Å². The summed E-state index contributed by atoms with van der Waals surface area (Å²) in [6.45, 7) is 7.40. The molecule has 2 aliphatic heterocycles. The Hall–Kier alpha value is -0.160. The molecule has 1 aliphatic carbocycles. The minimum atomic E-state index is -0.205. The third kappa shape index (κ3) is 2.44. The average molecular weight is 254 g/mol. The lowest BCUT2D eigenvalue weighted by molar-refractivity contribution is -0.184. The minimum absolute atomic E-state index is 0.205. The van der Waals surface area contributed by atoms with Crippen LogP contribution in [0.1, 0.15) is 39.0 Å². The number of nitrogens with zero attached hydrogens (tertiary/aromatic N) is 1. The summed E-state index contributed by atoms with van der Waals surface area (Å²) >= 11 is 0. The van der Waals surface area contributed by atoms with Crippen molar-refractivity contribution in [3.05, 3.63) is 0 Å². The Morgan fingerprint density at radius 1 is 1.11 bits per heavy atom. The molecule has 4 heteroatoms.